The molecule has 0 bridgehead atoms. The van der Waals surface area contributed by atoms with Gasteiger partial charge in [0.25, 0.3) is 5.91 Å². The van der Waals surface area contributed by atoms with Gasteiger partial charge in [0.05, 0.1) is 11.6 Å². The van der Waals surface area contributed by atoms with Crippen LogP contribution in [0.5, 0.6) is 5.75 Å². The van der Waals surface area contributed by atoms with Gasteiger partial charge in [0.15, 0.2) is 5.60 Å². The molecule has 0 aromatic heterocycles. The molecule has 1 aliphatic carbocycles. The highest BCUT2D eigenvalue weighted by atomic mass is 16.6. The normalized spacial score (nSPS) is 21.0. The first-order valence-corrected chi connectivity index (χ1v) is 18.6. The van der Waals surface area contributed by atoms with Crippen LogP contribution in [0.15, 0.2) is 18.2 Å². The Hall–Kier alpha value is -3.18. The Morgan fingerprint density at radius 1 is 1.08 bits per heavy atom. The van der Waals surface area contributed by atoms with E-state index in [2.05, 4.69) is 13.8 Å². The van der Waals surface area contributed by atoms with Crippen LogP contribution in [-0.4, -0.2) is 92.4 Å². The summed E-state index contributed by atoms with van der Waals surface area (Å²) < 4.78 is 22.9. The molecule has 11 nitrogen and oxygen atoms in total. The summed E-state index contributed by atoms with van der Waals surface area (Å²) in [4.78, 5) is 60.8. The van der Waals surface area contributed by atoms with Gasteiger partial charge in [-0.25, -0.2) is 4.79 Å². The van der Waals surface area contributed by atoms with Crippen molar-refractivity contribution in [2.45, 2.75) is 118 Å². The van der Waals surface area contributed by atoms with Gasteiger partial charge in [-0.05, 0) is 110 Å². The molecule has 1 aromatic rings. The molecule has 0 N–H and O–H groups in total. The van der Waals surface area contributed by atoms with Crippen LogP contribution in [0.3, 0.4) is 0 Å². The number of carbonyl (C=O) groups is 4. The predicted molar refractivity (Wildman–Crippen MR) is 194 cm³/mol. The fraction of sp³-hybridized carbons (Fsp3) is 0.744. The largest absolute Gasteiger partial charge is 0.476 e. The van der Waals surface area contributed by atoms with Crippen LogP contribution in [0.1, 0.15) is 100 Å². The van der Waals surface area contributed by atoms with Crippen molar-refractivity contribution in [2.24, 2.45) is 23.7 Å². The molecule has 50 heavy (non-hydrogen) atoms. The minimum Gasteiger partial charge on any atom is -0.476 e. The van der Waals surface area contributed by atoms with Crippen LogP contribution in [0.4, 0.5) is 16.2 Å². The molecular formula is C39H61N3O8. The van der Waals surface area contributed by atoms with Gasteiger partial charge in [-0.1, -0.05) is 13.8 Å². The van der Waals surface area contributed by atoms with Gasteiger partial charge < -0.3 is 33.6 Å². The molecule has 4 rings (SSSR count). The molecule has 2 heterocycles. The molecule has 2 fully saturated rings. The first-order valence-electron chi connectivity index (χ1n) is 18.6. The quantitative estimate of drug-likeness (QED) is 0.176. The van der Waals surface area contributed by atoms with Crippen LogP contribution >= 0.6 is 0 Å². The zero-order chi connectivity index (χ0) is 36.8. The highest BCUT2D eigenvalue weighted by Gasteiger charge is 2.45. The summed E-state index contributed by atoms with van der Waals surface area (Å²) >= 11 is 0. The molecule has 0 spiro atoms. The summed E-state index contributed by atoms with van der Waals surface area (Å²) in [6.45, 7) is 17.8. The maximum atomic E-state index is 14.7. The molecular weight excluding hydrogens is 638 g/mol. The lowest BCUT2D eigenvalue weighted by Gasteiger charge is -2.41. The van der Waals surface area contributed by atoms with E-state index in [0.29, 0.717) is 62.2 Å². The molecule has 2 aliphatic heterocycles. The maximum absolute atomic E-state index is 14.7. The van der Waals surface area contributed by atoms with Gasteiger partial charge in [0.2, 0.25) is 5.91 Å². The van der Waals surface area contributed by atoms with Crippen LogP contribution < -0.4 is 14.5 Å². The lowest BCUT2D eigenvalue weighted by Crippen LogP contribution is -2.53. The van der Waals surface area contributed by atoms with Gasteiger partial charge in [-0.3, -0.25) is 14.4 Å². The van der Waals surface area contributed by atoms with Crippen LogP contribution in [0.2, 0.25) is 0 Å². The Balaban J connectivity index is 1.63. The number of amides is 3. The van der Waals surface area contributed by atoms with E-state index in [4.69, 9.17) is 18.9 Å². The number of methoxy groups -OCH3 is 1. The molecule has 11 heteroatoms. The number of ketones is 1. The first-order chi connectivity index (χ1) is 23.5. The number of hydrogen-bond acceptors (Lipinski definition) is 8. The van der Waals surface area contributed by atoms with Crippen molar-refractivity contribution in [3.05, 3.63) is 18.2 Å². The van der Waals surface area contributed by atoms with Crippen molar-refractivity contribution in [3.8, 4) is 5.75 Å². The first kappa shape index (κ1) is 39.6. The maximum Gasteiger partial charge on any atom is 0.410 e. The zero-order valence-corrected chi connectivity index (χ0v) is 31.9. The Morgan fingerprint density at radius 2 is 1.78 bits per heavy atom. The number of unbranched alkanes of at least 4 members (excludes halogenated alkanes) is 1. The lowest BCUT2D eigenvalue weighted by atomic mass is 9.81. The molecule has 0 radical (unpaired) electrons. The predicted octanol–water partition coefficient (Wildman–Crippen LogP) is 6.64. The monoisotopic (exact) mass is 699 g/mol. The highest BCUT2D eigenvalue weighted by molar-refractivity contribution is 6.04. The molecule has 3 atom stereocenters. The summed E-state index contributed by atoms with van der Waals surface area (Å²) in [5, 5.41) is 0. The number of piperidine rings is 1. The van der Waals surface area contributed by atoms with Crippen molar-refractivity contribution in [2.75, 3.05) is 56.4 Å². The number of anilines is 2. The van der Waals surface area contributed by atoms with Crippen LogP contribution in [0, 0.1) is 23.7 Å². The van der Waals surface area contributed by atoms with E-state index in [-0.39, 0.29) is 42.6 Å². The summed E-state index contributed by atoms with van der Waals surface area (Å²) in [6.07, 6.45) is 4.31. The Labute approximate surface area is 299 Å². The van der Waals surface area contributed by atoms with Gasteiger partial charge in [0.1, 0.15) is 17.1 Å². The summed E-state index contributed by atoms with van der Waals surface area (Å²) in [7, 11) is 1.66. The second-order valence-electron chi connectivity index (χ2n) is 16.2. The Bertz CT molecular complexity index is 1350. The number of fused-ring (bicyclic) bond motifs is 1. The van der Waals surface area contributed by atoms with Crippen molar-refractivity contribution >= 4 is 35.1 Å². The number of rotatable bonds is 16. The molecule has 1 saturated heterocycles. The third kappa shape index (κ3) is 10.4. The molecule has 3 aliphatic rings. The Kier molecular flexibility index (Phi) is 13.4. The molecule has 1 unspecified atom stereocenters. The lowest BCUT2D eigenvalue weighted by molar-refractivity contribution is -0.133. The van der Waals surface area contributed by atoms with Crippen LogP contribution in [-0.2, 0) is 28.6 Å². The van der Waals surface area contributed by atoms with Crippen molar-refractivity contribution in [1.29, 1.82) is 0 Å². The molecule has 1 aromatic carbocycles. The number of hydrogen-bond donors (Lipinski definition) is 0. The zero-order valence-electron chi connectivity index (χ0n) is 31.9. The van der Waals surface area contributed by atoms with Crippen LogP contribution in [0.25, 0.3) is 0 Å². The van der Waals surface area contributed by atoms with Crippen molar-refractivity contribution in [3.63, 3.8) is 0 Å². The molecule has 3 amide bonds. The number of ether oxygens (including phenoxy) is 4. The minimum absolute atomic E-state index is 0.0000222. The van der Waals surface area contributed by atoms with Gasteiger partial charge >= 0.3 is 6.09 Å². The van der Waals surface area contributed by atoms with E-state index >= 15 is 0 Å². The molecule has 280 valence electrons. The van der Waals surface area contributed by atoms with Gasteiger partial charge in [-0.15, -0.1) is 0 Å². The SMILES string of the molecule is CCOCC(CC(=O)[C@H]1C[C@@H](C(=O)N(c2ccc3c(c2)N(CCCCOC)C(=O)C(C)(C)O3)C2CC2)CN(C(=O)OC(C)(C)C)C1)CC(C)C. The van der Waals surface area contributed by atoms with Crippen molar-refractivity contribution in [1.82, 2.24) is 4.90 Å². The number of Topliss-reactive ketones (excluding diaryl/α,β-unsaturated/α-hetero) is 1. The fourth-order valence-electron chi connectivity index (χ4n) is 7.09. The number of likely N-dealkylation sites (tertiary alicyclic amines) is 1. The fourth-order valence-corrected chi connectivity index (χ4v) is 7.09. The third-order valence-corrected chi connectivity index (χ3v) is 9.53. The van der Waals surface area contributed by atoms with Gasteiger partial charge in [-0.2, -0.15) is 0 Å². The van der Waals surface area contributed by atoms with E-state index in [0.717, 1.165) is 32.1 Å². The van der Waals surface area contributed by atoms with E-state index in [1.807, 2.05) is 50.8 Å². The van der Waals surface area contributed by atoms with E-state index in [9.17, 15) is 19.2 Å². The minimum atomic E-state index is -1.02. The van der Waals surface area contributed by atoms with Crippen molar-refractivity contribution < 1.29 is 38.1 Å². The average Bonchev–Trinajstić information content (AvgIpc) is 3.87. The van der Waals surface area contributed by atoms with E-state index in [1.165, 1.54) is 0 Å². The average molecular weight is 700 g/mol. The van der Waals surface area contributed by atoms with E-state index < -0.39 is 29.1 Å². The second kappa shape index (κ2) is 16.9. The second-order valence-corrected chi connectivity index (χ2v) is 16.2. The summed E-state index contributed by atoms with van der Waals surface area (Å²) in [6, 6.07) is 5.61. The summed E-state index contributed by atoms with van der Waals surface area (Å²) in [5.41, 5.74) is -0.423. The third-order valence-electron chi connectivity index (χ3n) is 9.53. The number of benzene rings is 1. The van der Waals surface area contributed by atoms with Gasteiger partial charge in [0, 0.05) is 70.6 Å². The smallest absolute Gasteiger partial charge is 0.410 e. The topological polar surface area (TPSA) is 115 Å². The number of nitrogens with zero attached hydrogens (tertiary/aromatic N) is 3. The highest BCUT2D eigenvalue weighted by Crippen LogP contribution is 2.43. The Morgan fingerprint density at radius 3 is 2.40 bits per heavy atom. The summed E-state index contributed by atoms with van der Waals surface area (Å²) in [5.74, 6) is -0.233. The molecule has 1 saturated carbocycles. The standard InChI is InChI=1S/C39H61N3O8/c1-10-48-25-27(19-26(2)3)20-33(43)28-21-29(24-40(23-28)37(46)50-38(4,5)6)35(44)42(30-13-14-30)31-15-16-34-32(22-31)41(17-11-12-18-47-9)36(45)39(7,8)49-34/h15-16,22,26-30H,10-14,17-21,23-25H2,1-9H3/t27?,28-,29+/m0/s1. The number of carbonyl (C=O) groups excluding carboxylic acids is 4. The van der Waals surface area contributed by atoms with E-state index in [1.54, 1.807) is 30.8 Å².